The van der Waals surface area contributed by atoms with E-state index < -0.39 is 0 Å². The molecule has 1 N–H and O–H groups in total. The van der Waals surface area contributed by atoms with E-state index in [1.807, 2.05) is 53.8 Å². The fourth-order valence-corrected chi connectivity index (χ4v) is 4.07. The molecular formula is C20H17BrN4OS. The number of halogens is 1. The van der Waals surface area contributed by atoms with Gasteiger partial charge in [0.1, 0.15) is 0 Å². The van der Waals surface area contributed by atoms with E-state index in [0.717, 1.165) is 32.3 Å². The number of hydrogen-bond donors (Lipinski definition) is 1. The van der Waals surface area contributed by atoms with Crippen molar-refractivity contribution in [3.63, 3.8) is 0 Å². The van der Waals surface area contributed by atoms with Crippen LogP contribution >= 0.6 is 27.7 Å². The maximum Gasteiger partial charge on any atom is 0.237 e. The lowest BCUT2D eigenvalue weighted by atomic mass is 10.1. The highest BCUT2D eigenvalue weighted by Crippen LogP contribution is 2.28. The first-order chi connectivity index (χ1) is 13.0. The molecule has 0 unspecified atom stereocenters. The molecule has 0 fully saturated rings. The Morgan fingerprint density at radius 3 is 2.67 bits per heavy atom. The van der Waals surface area contributed by atoms with E-state index in [4.69, 9.17) is 0 Å². The first kappa shape index (κ1) is 18.0. The molecule has 1 amide bonds. The molecule has 1 atom stereocenters. The largest absolute Gasteiger partial charge is 0.325 e. The number of aromatic nitrogens is 3. The van der Waals surface area contributed by atoms with E-state index in [9.17, 15) is 4.79 Å². The summed E-state index contributed by atoms with van der Waals surface area (Å²) in [7, 11) is 0. The van der Waals surface area contributed by atoms with Gasteiger partial charge in [-0.25, -0.2) is 0 Å². The third-order valence-corrected chi connectivity index (χ3v) is 5.91. The van der Waals surface area contributed by atoms with Crippen molar-refractivity contribution in [2.24, 2.45) is 0 Å². The maximum atomic E-state index is 12.6. The van der Waals surface area contributed by atoms with Crippen molar-refractivity contribution in [3.05, 3.63) is 64.6 Å². The number of fused-ring (bicyclic) bond motifs is 3. The standard InChI is InChI=1S/C20H17BrN4OS/c1-12-11-18-23-24-20(25(18)17-6-4-3-5-16(12)17)27-13(2)19(26)22-15-9-7-14(21)8-10-15/h3-11,13H,1-2H3,(H,22,26)/t13-/m0/s1. The van der Waals surface area contributed by atoms with Crippen LogP contribution in [0, 0.1) is 6.92 Å². The molecule has 0 aliphatic rings. The number of anilines is 1. The number of benzene rings is 2. The number of amides is 1. The Labute approximate surface area is 169 Å². The second-order valence-corrected chi connectivity index (χ2v) is 8.50. The van der Waals surface area contributed by atoms with Crippen LogP contribution in [0.2, 0.25) is 0 Å². The number of pyridine rings is 1. The van der Waals surface area contributed by atoms with Crippen LogP contribution in [0.1, 0.15) is 12.5 Å². The molecule has 0 saturated heterocycles. The van der Waals surface area contributed by atoms with E-state index in [0.29, 0.717) is 5.16 Å². The molecule has 0 radical (unpaired) electrons. The molecule has 2 aromatic carbocycles. The van der Waals surface area contributed by atoms with Gasteiger partial charge in [0, 0.05) is 15.5 Å². The number of carbonyl (C=O) groups excluding carboxylic acids is 1. The zero-order valence-corrected chi connectivity index (χ0v) is 17.2. The molecule has 5 nitrogen and oxygen atoms in total. The minimum Gasteiger partial charge on any atom is -0.325 e. The fraction of sp³-hybridized carbons (Fsp3) is 0.150. The molecular weight excluding hydrogens is 424 g/mol. The highest BCUT2D eigenvalue weighted by molar-refractivity contribution is 9.10. The third kappa shape index (κ3) is 3.57. The highest BCUT2D eigenvalue weighted by atomic mass is 79.9. The summed E-state index contributed by atoms with van der Waals surface area (Å²) in [6.45, 7) is 3.94. The van der Waals surface area contributed by atoms with Crippen LogP contribution in [0.5, 0.6) is 0 Å². The summed E-state index contributed by atoms with van der Waals surface area (Å²) in [5.41, 5.74) is 3.75. The SMILES string of the molecule is Cc1cc2nnc(S[C@@H](C)C(=O)Nc3ccc(Br)cc3)n2c2ccccc12. The molecule has 0 aliphatic heterocycles. The van der Waals surface area contributed by atoms with Gasteiger partial charge < -0.3 is 5.32 Å². The van der Waals surface area contributed by atoms with E-state index in [1.54, 1.807) is 0 Å². The molecule has 0 bridgehead atoms. The topological polar surface area (TPSA) is 59.3 Å². The number of rotatable bonds is 4. The fourth-order valence-electron chi connectivity index (χ4n) is 2.94. The lowest BCUT2D eigenvalue weighted by Crippen LogP contribution is -2.22. The molecule has 4 aromatic rings. The monoisotopic (exact) mass is 440 g/mol. The van der Waals surface area contributed by atoms with Crippen molar-refractivity contribution in [1.29, 1.82) is 0 Å². The van der Waals surface area contributed by atoms with Crippen molar-refractivity contribution in [2.75, 3.05) is 5.32 Å². The predicted octanol–water partition coefficient (Wildman–Crippen LogP) is 5.07. The Morgan fingerprint density at radius 2 is 1.89 bits per heavy atom. The summed E-state index contributed by atoms with van der Waals surface area (Å²) in [6.07, 6.45) is 0. The van der Waals surface area contributed by atoms with Crippen LogP contribution < -0.4 is 5.32 Å². The number of hydrogen-bond acceptors (Lipinski definition) is 4. The van der Waals surface area contributed by atoms with E-state index >= 15 is 0 Å². The Kier molecular flexibility index (Phi) is 4.88. The first-order valence-electron chi connectivity index (χ1n) is 8.49. The molecule has 0 saturated carbocycles. The van der Waals surface area contributed by atoms with E-state index in [-0.39, 0.29) is 11.2 Å². The van der Waals surface area contributed by atoms with Crippen molar-refractivity contribution < 1.29 is 4.79 Å². The number of nitrogens with zero attached hydrogens (tertiary/aromatic N) is 3. The predicted molar refractivity (Wildman–Crippen MR) is 113 cm³/mol. The van der Waals surface area contributed by atoms with Gasteiger partial charge >= 0.3 is 0 Å². The average molecular weight is 441 g/mol. The van der Waals surface area contributed by atoms with Crippen molar-refractivity contribution in [3.8, 4) is 0 Å². The first-order valence-corrected chi connectivity index (χ1v) is 10.2. The van der Waals surface area contributed by atoms with Crippen molar-refractivity contribution in [2.45, 2.75) is 24.3 Å². The molecule has 2 heterocycles. The van der Waals surface area contributed by atoms with Gasteiger partial charge in [0.2, 0.25) is 5.91 Å². The lowest BCUT2D eigenvalue weighted by molar-refractivity contribution is -0.115. The molecule has 136 valence electrons. The Morgan fingerprint density at radius 1 is 1.15 bits per heavy atom. The minimum absolute atomic E-state index is 0.0736. The van der Waals surface area contributed by atoms with Gasteiger partial charge in [-0.1, -0.05) is 45.9 Å². The van der Waals surface area contributed by atoms with Crippen LogP contribution in [0.25, 0.3) is 16.6 Å². The second kappa shape index (κ2) is 7.32. The Bertz CT molecular complexity index is 1140. The highest BCUT2D eigenvalue weighted by Gasteiger charge is 2.19. The maximum absolute atomic E-state index is 12.6. The minimum atomic E-state index is -0.318. The third-order valence-electron chi connectivity index (χ3n) is 4.34. The summed E-state index contributed by atoms with van der Waals surface area (Å²) in [5.74, 6) is -0.0736. The molecule has 0 aliphatic carbocycles. The van der Waals surface area contributed by atoms with Gasteiger partial charge in [-0.3, -0.25) is 9.20 Å². The zero-order chi connectivity index (χ0) is 19.0. The summed E-state index contributed by atoms with van der Waals surface area (Å²) in [4.78, 5) is 12.6. The van der Waals surface area contributed by atoms with Crippen LogP contribution in [-0.4, -0.2) is 25.8 Å². The zero-order valence-electron chi connectivity index (χ0n) is 14.8. The van der Waals surface area contributed by atoms with E-state index in [1.165, 1.54) is 11.8 Å². The number of thioether (sulfide) groups is 1. The van der Waals surface area contributed by atoms with Crippen LogP contribution in [0.4, 0.5) is 5.69 Å². The molecule has 2 aromatic heterocycles. The second-order valence-electron chi connectivity index (χ2n) is 6.28. The summed E-state index contributed by atoms with van der Waals surface area (Å²) >= 11 is 4.79. The van der Waals surface area contributed by atoms with Crippen molar-refractivity contribution in [1.82, 2.24) is 14.6 Å². The normalized spacial score (nSPS) is 12.4. The van der Waals surface area contributed by atoms with Gasteiger partial charge in [0.15, 0.2) is 10.8 Å². The van der Waals surface area contributed by atoms with Gasteiger partial charge in [-0.05, 0) is 55.8 Å². The molecule has 4 rings (SSSR count). The number of para-hydroxylation sites is 1. The van der Waals surface area contributed by atoms with Gasteiger partial charge in [-0.2, -0.15) is 0 Å². The van der Waals surface area contributed by atoms with Gasteiger partial charge in [-0.15, -0.1) is 10.2 Å². The van der Waals surface area contributed by atoms with Gasteiger partial charge in [0.05, 0.1) is 10.8 Å². The quantitative estimate of drug-likeness (QED) is 0.449. The average Bonchev–Trinajstić information content (AvgIpc) is 3.06. The summed E-state index contributed by atoms with van der Waals surface area (Å²) < 4.78 is 2.98. The smallest absolute Gasteiger partial charge is 0.237 e. The molecule has 27 heavy (non-hydrogen) atoms. The van der Waals surface area contributed by atoms with Crippen molar-refractivity contribution >= 4 is 55.8 Å². The van der Waals surface area contributed by atoms with Crippen LogP contribution in [0.3, 0.4) is 0 Å². The number of aryl methyl sites for hydroxylation is 1. The Hall–Kier alpha value is -2.38. The molecule has 7 heteroatoms. The van der Waals surface area contributed by atoms with Crippen LogP contribution in [-0.2, 0) is 4.79 Å². The van der Waals surface area contributed by atoms with Crippen LogP contribution in [0.15, 0.2) is 64.2 Å². The molecule has 0 spiro atoms. The summed E-state index contributed by atoms with van der Waals surface area (Å²) in [6, 6.07) is 17.7. The Balaban J connectivity index is 1.62. The summed E-state index contributed by atoms with van der Waals surface area (Å²) in [5, 5.41) is 13.1. The number of carbonyl (C=O) groups is 1. The number of nitrogens with one attached hydrogen (secondary N) is 1. The van der Waals surface area contributed by atoms with Gasteiger partial charge in [0.25, 0.3) is 0 Å². The lowest BCUT2D eigenvalue weighted by Gasteiger charge is -2.12. The van der Waals surface area contributed by atoms with E-state index in [2.05, 4.69) is 50.5 Å².